The van der Waals surface area contributed by atoms with E-state index in [-0.39, 0.29) is 31.2 Å². The summed E-state index contributed by atoms with van der Waals surface area (Å²) in [4.78, 5) is 24.7. The predicted molar refractivity (Wildman–Crippen MR) is 114 cm³/mol. The molecule has 0 spiro atoms. The summed E-state index contributed by atoms with van der Waals surface area (Å²) in [5.74, 6) is 0.000148. The topological polar surface area (TPSA) is 95.1 Å². The summed E-state index contributed by atoms with van der Waals surface area (Å²) in [6, 6.07) is 9.93. The zero-order valence-corrected chi connectivity index (χ0v) is 18.1. The number of nitrogens with one attached hydrogen (secondary N) is 2. The lowest BCUT2D eigenvalue weighted by Crippen LogP contribution is -2.45. The van der Waals surface area contributed by atoms with Crippen LogP contribution in [0.1, 0.15) is 24.1 Å². The molecule has 3 rings (SSSR count). The number of hydrogen-bond donors (Lipinski definition) is 2. The largest absolute Gasteiger partial charge is 0.493 e. The fourth-order valence-corrected chi connectivity index (χ4v) is 3.23. The van der Waals surface area contributed by atoms with Gasteiger partial charge < -0.3 is 29.6 Å². The van der Waals surface area contributed by atoms with Crippen LogP contribution in [0.5, 0.6) is 11.5 Å². The van der Waals surface area contributed by atoms with Gasteiger partial charge in [-0.3, -0.25) is 0 Å². The summed E-state index contributed by atoms with van der Waals surface area (Å²) in [5, 5.41) is 5.34. The number of allylic oxidation sites excluding steroid dienone is 1. The summed E-state index contributed by atoms with van der Waals surface area (Å²) in [6.45, 7) is 2.20. The summed E-state index contributed by atoms with van der Waals surface area (Å²) < 4.78 is 34.5. The first kappa shape index (κ1) is 23.1. The van der Waals surface area contributed by atoms with E-state index in [2.05, 4.69) is 10.6 Å². The van der Waals surface area contributed by atoms with E-state index in [0.717, 1.165) is 5.56 Å². The Bertz CT molecular complexity index is 1010. The molecule has 0 aliphatic carbocycles. The van der Waals surface area contributed by atoms with Crippen molar-refractivity contribution in [2.45, 2.75) is 19.6 Å². The van der Waals surface area contributed by atoms with Gasteiger partial charge in [-0.2, -0.15) is 0 Å². The van der Waals surface area contributed by atoms with E-state index in [1.165, 1.54) is 26.4 Å². The van der Waals surface area contributed by atoms with Gasteiger partial charge in [-0.1, -0.05) is 18.2 Å². The molecule has 1 atom stereocenters. The molecule has 0 bridgehead atoms. The molecule has 0 radical (unpaired) electrons. The molecule has 1 aliphatic rings. The van der Waals surface area contributed by atoms with Crippen molar-refractivity contribution < 1.29 is 32.9 Å². The van der Waals surface area contributed by atoms with Crippen molar-refractivity contribution in [3.63, 3.8) is 0 Å². The first-order valence-electron chi connectivity index (χ1n) is 9.92. The van der Waals surface area contributed by atoms with Crippen LogP contribution in [0.25, 0.3) is 0 Å². The van der Waals surface area contributed by atoms with Gasteiger partial charge in [0.2, 0.25) is 0 Å². The van der Waals surface area contributed by atoms with Crippen LogP contribution in [0.15, 0.2) is 53.7 Å². The van der Waals surface area contributed by atoms with Crippen LogP contribution in [0.4, 0.5) is 9.18 Å². The summed E-state index contributed by atoms with van der Waals surface area (Å²) in [5.41, 5.74) is 2.09. The number of halogens is 1. The van der Waals surface area contributed by atoms with Gasteiger partial charge in [-0.05, 0) is 42.3 Å². The van der Waals surface area contributed by atoms with Crippen LogP contribution in [-0.4, -0.2) is 39.4 Å². The van der Waals surface area contributed by atoms with Gasteiger partial charge in [0.15, 0.2) is 11.5 Å². The molecule has 2 N–H and O–H groups in total. The molecule has 170 valence electrons. The third-order valence-electron chi connectivity index (χ3n) is 4.84. The summed E-state index contributed by atoms with van der Waals surface area (Å²) in [7, 11) is 3.00. The molecule has 32 heavy (non-hydrogen) atoms. The van der Waals surface area contributed by atoms with Gasteiger partial charge in [0.05, 0.1) is 25.3 Å². The van der Waals surface area contributed by atoms with E-state index in [1.54, 1.807) is 37.3 Å². The Morgan fingerprint density at radius 3 is 2.50 bits per heavy atom. The lowest BCUT2D eigenvalue weighted by Gasteiger charge is -2.28. The monoisotopic (exact) mass is 444 g/mol. The van der Waals surface area contributed by atoms with E-state index >= 15 is 0 Å². The minimum Gasteiger partial charge on any atom is -0.493 e. The molecular weight excluding hydrogens is 419 g/mol. The molecule has 1 aliphatic heterocycles. The van der Waals surface area contributed by atoms with Crippen molar-refractivity contribution in [2.75, 3.05) is 27.4 Å². The number of rotatable bonds is 9. The average Bonchev–Trinajstić information content (AvgIpc) is 2.78. The zero-order chi connectivity index (χ0) is 23.1. The maximum Gasteiger partial charge on any atom is 0.338 e. The Labute approximate surface area is 185 Å². The fraction of sp³-hybridized carbons (Fsp3) is 0.304. The van der Waals surface area contributed by atoms with Gasteiger partial charge >= 0.3 is 12.0 Å². The van der Waals surface area contributed by atoms with Crippen LogP contribution >= 0.6 is 0 Å². The highest BCUT2D eigenvalue weighted by atomic mass is 19.1. The number of ether oxygens (including phenoxy) is 4. The first-order valence-corrected chi connectivity index (χ1v) is 9.92. The van der Waals surface area contributed by atoms with E-state index < -0.39 is 18.0 Å². The smallest absolute Gasteiger partial charge is 0.338 e. The Balaban J connectivity index is 1.83. The quantitative estimate of drug-likeness (QED) is 0.456. The number of benzene rings is 2. The van der Waals surface area contributed by atoms with Gasteiger partial charge in [-0.25, -0.2) is 14.0 Å². The van der Waals surface area contributed by atoms with E-state index in [4.69, 9.17) is 18.9 Å². The minimum atomic E-state index is -0.737. The van der Waals surface area contributed by atoms with Crippen LogP contribution in [0.2, 0.25) is 0 Å². The highest BCUT2D eigenvalue weighted by Crippen LogP contribution is 2.35. The number of urea groups is 1. The molecule has 1 heterocycles. The van der Waals surface area contributed by atoms with Gasteiger partial charge in [0.25, 0.3) is 0 Å². The second-order valence-electron chi connectivity index (χ2n) is 7.02. The summed E-state index contributed by atoms with van der Waals surface area (Å²) >= 11 is 0. The third-order valence-corrected chi connectivity index (χ3v) is 4.84. The SMILES string of the molecule is COCCOC(=O)C1=C(C)NC(=O)N[C@H]1c1ccc(OCc2ccc(F)cc2)c(OC)c1. The van der Waals surface area contributed by atoms with Crippen LogP contribution < -0.4 is 20.1 Å². The molecular formula is C23H25FN2O6. The molecule has 2 amide bonds. The first-order chi connectivity index (χ1) is 15.4. The molecule has 0 aromatic heterocycles. The maximum absolute atomic E-state index is 13.1. The second-order valence-corrected chi connectivity index (χ2v) is 7.02. The molecule has 8 nitrogen and oxygen atoms in total. The van der Waals surface area contributed by atoms with Crippen molar-refractivity contribution >= 4 is 12.0 Å². The van der Waals surface area contributed by atoms with Crippen molar-refractivity contribution in [1.29, 1.82) is 0 Å². The van der Waals surface area contributed by atoms with Crippen LogP contribution in [0.3, 0.4) is 0 Å². The predicted octanol–water partition coefficient (Wildman–Crippen LogP) is 3.23. The number of carbonyl (C=O) groups is 2. The van der Waals surface area contributed by atoms with Gasteiger partial charge in [-0.15, -0.1) is 0 Å². The number of amides is 2. The molecule has 2 aromatic rings. The molecule has 0 unspecified atom stereocenters. The number of carbonyl (C=O) groups excluding carboxylic acids is 2. The highest BCUT2D eigenvalue weighted by Gasteiger charge is 2.32. The van der Waals surface area contributed by atoms with Crippen molar-refractivity contribution in [3.05, 3.63) is 70.7 Å². The van der Waals surface area contributed by atoms with E-state index in [9.17, 15) is 14.0 Å². The number of methoxy groups -OCH3 is 2. The maximum atomic E-state index is 13.1. The summed E-state index contributed by atoms with van der Waals surface area (Å²) in [6.07, 6.45) is 0. The van der Waals surface area contributed by atoms with E-state index in [0.29, 0.717) is 22.8 Å². The van der Waals surface area contributed by atoms with E-state index in [1.807, 2.05) is 0 Å². The molecule has 0 saturated carbocycles. The normalized spacial score (nSPS) is 15.6. The standard InChI is InChI=1S/C23H25FN2O6/c1-14-20(22(27)31-11-10-29-2)21(26-23(28)25-14)16-6-9-18(19(12-16)30-3)32-13-15-4-7-17(24)8-5-15/h4-9,12,21H,10-11,13H2,1-3H3,(H2,25,26,28)/t21-/m0/s1. The number of hydrogen-bond acceptors (Lipinski definition) is 6. The van der Waals surface area contributed by atoms with Crippen molar-refractivity contribution in [2.24, 2.45) is 0 Å². The number of esters is 1. The van der Waals surface area contributed by atoms with Crippen LogP contribution in [0, 0.1) is 5.82 Å². The van der Waals surface area contributed by atoms with Gasteiger partial charge in [0, 0.05) is 12.8 Å². The van der Waals surface area contributed by atoms with Gasteiger partial charge in [0.1, 0.15) is 19.0 Å². The second kappa shape index (κ2) is 10.6. The third kappa shape index (κ3) is 5.55. The Kier molecular flexibility index (Phi) is 7.67. The fourth-order valence-electron chi connectivity index (χ4n) is 3.23. The molecule has 0 saturated heterocycles. The Morgan fingerprint density at radius 2 is 1.81 bits per heavy atom. The minimum absolute atomic E-state index is 0.0895. The lowest BCUT2D eigenvalue weighted by atomic mass is 9.95. The average molecular weight is 444 g/mol. The molecule has 0 fully saturated rings. The van der Waals surface area contributed by atoms with Crippen LogP contribution in [-0.2, 0) is 20.9 Å². The molecule has 2 aromatic carbocycles. The lowest BCUT2D eigenvalue weighted by molar-refractivity contribution is -0.140. The zero-order valence-electron chi connectivity index (χ0n) is 18.1. The molecule has 9 heteroatoms. The van der Waals surface area contributed by atoms with Crippen molar-refractivity contribution in [1.82, 2.24) is 10.6 Å². The van der Waals surface area contributed by atoms with Crippen molar-refractivity contribution in [3.8, 4) is 11.5 Å². The Morgan fingerprint density at radius 1 is 1.06 bits per heavy atom. The highest BCUT2D eigenvalue weighted by molar-refractivity contribution is 5.95. The Hall–Kier alpha value is -3.59.